The lowest BCUT2D eigenvalue weighted by Gasteiger charge is -2.08. The molecule has 1 aromatic rings. The second-order valence-corrected chi connectivity index (χ2v) is 4.96. The highest BCUT2D eigenvalue weighted by atomic mass is 17.0. The monoisotopic (exact) mass is 289 g/mol. The topological polar surface area (TPSA) is 99.1 Å². The molecule has 0 radical (unpaired) electrons. The number of hydrogen-bond acceptors (Lipinski definition) is 6. The Morgan fingerprint density at radius 1 is 1.40 bits per heavy atom. The molecule has 1 aromatic heterocycles. The first-order chi connectivity index (χ1) is 9.49. The van der Waals surface area contributed by atoms with Crippen LogP contribution in [0.3, 0.4) is 0 Å². The normalized spacial score (nSPS) is 18.8. The van der Waals surface area contributed by atoms with Gasteiger partial charge in [-0.25, -0.2) is 0 Å². The first kappa shape index (κ1) is 14.4. The highest BCUT2D eigenvalue weighted by molar-refractivity contribution is 5.71. The molecule has 1 saturated heterocycles. The van der Waals surface area contributed by atoms with Crippen LogP contribution in [-0.2, 0) is 14.3 Å². The van der Waals surface area contributed by atoms with E-state index in [1.807, 2.05) is 0 Å². The second-order valence-electron chi connectivity index (χ2n) is 4.96. The Labute approximate surface area is 115 Å². The van der Waals surface area contributed by atoms with Crippen molar-refractivity contribution in [3.8, 4) is 0 Å². The van der Waals surface area contributed by atoms with Crippen LogP contribution in [0.1, 0.15) is 20.3 Å². The van der Waals surface area contributed by atoms with Crippen LogP contribution in [0.4, 0.5) is 0 Å². The van der Waals surface area contributed by atoms with Gasteiger partial charge in [0, 0.05) is 11.5 Å². The fourth-order valence-corrected chi connectivity index (χ4v) is 1.80. The van der Waals surface area contributed by atoms with Gasteiger partial charge < -0.3 is 14.7 Å². The third kappa shape index (κ3) is 3.49. The molecule has 9 nitrogen and oxygen atoms in total. The largest absolute Gasteiger partial charge is 0.481 e. The number of carboxylic acid groups (broad SMARTS) is 1. The zero-order chi connectivity index (χ0) is 14.7. The number of ether oxygens (including phenoxy) is 1. The molecule has 0 aliphatic carbocycles. The molecule has 1 aliphatic heterocycles. The Morgan fingerprint density at radius 2 is 2.15 bits per heavy atom. The summed E-state index contributed by atoms with van der Waals surface area (Å²) in [5, 5.41) is 11.8. The van der Waals surface area contributed by atoms with Gasteiger partial charge in [0.25, 0.3) is 0 Å². The number of esters is 1. The van der Waals surface area contributed by atoms with Gasteiger partial charge in [-0.15, -0.1) is 0 Å². The van der Waals surface area contributed by atoms with Crippen molar-refractivity contribution in [3.05, 3.63) is 0 Å². The molecule has 2 heterocycles. The summed E-state index contributed by atoms with van der Waals surface area (Å²) in [5.74, 6) is -1.63. The van der Waals surface area contributed by atoms with Crippen LogP contribution in [0.5, 0.6) is 0 Å². The Kier molecular flexibility index (Phi) is 4.26. The number of hydrogen-bond donors (Lipinski definition) is 1. The number of aliphatic carboxylic acids is 1. The summed E-state index contributed by atoms with van der Waals surface area (Å²) < 4.78 is 9.96. The number of carbonyl (C=O) groups excluding carboxylic acids is 1. The summed E-state index contributed by atoms with van der Waals surface area (Å²) >= 11 is 0. The van der Waals surface area contributed by atoms with Crippen LogP contribution in [0.2, 0.25) is 0 Å². The maximum Gasteiger partial charge on any atom is 0.308 e. The van der Waals surface area contributed by atoms with Crippen LogP contribution in [-0.4, -0.2) is 53.3 Å². The summed E-state index contributed by atoms with van der Waals surface area (Å²) in [6, 6.07) is 0. The molecule has 0 amide bonds. The minimum atomic E-state index is -0.803. The predicted octanol–water partition coefficient (Wildman–Crippen LogP) is -0.447. The maximum atomic E-state index is 11.2. The Balaban J connectivity index is 1.64. The van der Waals surface area contributed by atoms with Gasteiger partial charge in [-0.3, -0.25) is 14.6 Å². The average Bonchev–Trinajstić information content (AvgIpc) is 2.98. The van der Waals surface area contributed by atoms with Gasteiger partial charge in [-0.05, 0) is 6.42 Å². The number of carbonyl (C=O) groups is 2. The standard InChI is InChI=1S/C11H19N3O6/c1-8(2)11(17)18-5-6-19-14-13(20-14)12-4-3-9(7-12)10(15)16/h8-9H,3-7H2,1-2H3,(H,15,16). The van der Waals surface area contributed by atoms with Crippen molar-refractivity contribution in [1.82, 2.24) is 9.98 Å². The zero-order valence-electron chi connectivity index (χ0n) is 11.5. The fourth-order valence-electron chi connectivity index (χ4n) is 1.80. The van der Waals surface area contributed by atoms with Crippen molar-refractivity contribution in [2.24, 2.45) is 11.8 Å². The first-order valence-corrected chi connectivity index (χ1v) is 6.54. The summed E-state index contributed by atoms with van der Waals surface area (Å²) in [4.78, 5) is 28.5. The van der Waals surface area contributed by atoms with E-state index >= 15 is 0 Å². The van der Waals surface area contributed by atoms with E-state index in [-0.39, 0.29) is 31.0 Å². The van der Waals surface area contributed by atoms with E-state index in [2.05, 4.69) is 0 Å². The lowest BCUT2D eigenvalue weighted by Crippen LogP contribution is -2.32. The predicted molar refractivity (Wildman–Crippen MR) is 65.6 cm³/mol. The second kappa shape index (κ2) is 5.93. The number of nitrogens with zero attached hydrogens (tertiary/aromatic N) is 3. The highest BCUT2D eigenvalue weighted by Crippen LogP contribution is 2.16. The minimum absolute atomic E-state index is 0.141. The van der Waals surface area contributed by atoms with E-state index in [0.29, 0.717) is 19.5 Å². The SMILES string of the molecule is CC(C)C(=O)OCCOn1on1N1CCC(C(=O)O)C1. The van der Waals surface area contributed by atoms with Gasteiger partial charge >= 0.3 is 11.9 Å². The highest BCUT2D eigenvalue weighted by Gasteiger charge is 2.33. The quantitative estimate of drug-likeness (QED) is 0.536. The lowest BCUT2D eigenvalue weighted by atomic mass is 10.1. The fraction of sp³-hybridized carbons (Fsp3) is 0.818. The molecular weight excluding hydrogens is 270 g/mol. The summed E-state index contributed by atoms with van der Waals surface area (Å²) in [5.41, 5.74) is 0. The maximum absolute atomic E-state index is 11.2. The van der Waals surface area contributed by atoms with E-state index in [4.69, 9.17) is 19.3 Å². The molecule has 0 saturated carbocycles. The summed E-state index contributed by atoms with van der Waals surface area (Å²) in [6.45, 7) is 4.81. The van der Waals surface area contributed by atoms with E-state index in [0.717, 1.165) is 5.02 Å². The van der Waals surface area contributed by atoms with Gasteiger partial charge in [0.15, 0.2) is 6.61 Å². The summed E-state index contributed by atoms with van der Waals surface area (Å²) in [7, 11) is 0. The number of carboxylic acids is 1. The van der Waals surface area contributed by atoms with E-state index < -0.39 is 5.97 Å². The molecule has 1 unspecified atom stereocenters. The van der Waals surface area contributed by atoms with Crippen LogP contribution >= 0.6 is 0 Å². The first-order valence-electron chi connectivity index (χ1n) is 6.54. The van der Waals surface area contributed by atoms with Crippen LogP contribution in [0.15, 0.2) is 4.63 Å². The van der Waals surface area contributed by atoms with Crippen LogP contribution in [0, 0.1) is 11.8 Å². The zero-order valence-corrected chi connectivity index (χ0v) is 11.5. The van der Waals surface area contributed by atoms with Crippen molar-refractivity contribution in [2.45, 2.75) is 20.3 Å². The molecule has 20 heavy (non-hydrogen) atoms. The molecule has 0 bridgehead atoms. The molecule has 114 valence electrons. The molecular formula is C11H19N3O6. The van der Waals surface area contributed by atoms with Crippen LogP contribution in [0.25, 0.3) is 0 Å². The molecule has 2 rings (SSSR count). The molecule has 1 N–H and O–H groups in total. The van der Waals surface area contributed by atoms with Crippen molar-refractivity contribution in [1.29, 1.82) is 0 Å². The third-order valence-corrected chi connectivity index (χ3v) is 3.02. The molecule has 1 aliphatic rings. The van der Waals surface area contributed by atoms with E-state index in [1.165, 1.54) is 4.96 Å². The van der Waals surface area contributed by atoms with Gasteiger partial charge in [0.05, 0.1) is 18.4 Å². The molecule has 0 aromatic carbocycles. The molecule has 9 heteroatoms. The Bertz CT molecular complexity index is 460. The Hall–Kier alpha value is -2.06. The Morgan fingerprint density at radius 3 is 2.75 bits per heavy atom. The van der Waals surface area contributed by atoms with Gasteiger partial charge in [0.2, 0.25) is 0 Å². The van der Waals surface area contributed by atoms with Gasteiger partial charge in [-0.1, -0.05) is 13.8 Å². The summed E-state index contributed by atoms with van der Waals surface area (Å²) in [6.07, 6.45) is 0.578. The third-order valence-electron chi connectivity index (χ3n) is 3.02. The smallest absolute Gasteiger partial charge is 0.308 e. The van der Waals surface area contributed by atoms with Crippen molar-refractivity contribution in [3.63, 3.8) is 0 Å². The van der Waals surface area contributed by atoms with Crippen molar-refractivity contribution in [2.75, 3.05) is 31.3 Å². The van der Waals surface area contributed by atoms with Gasteiger partial charge in [0.1, 0.15) is 11.6 Å². The van der Waals surface area contributed by atoms with E-state index in [9.17, 15) is 9.59 Å². The molecule has 1 atom stereocenters. The van der Waals surface area contributed by atoms with Crippen molar-refractivity contribution < 1.29 is 28.9 Å². The molecule has 1 fully saturated rings. The van der Waals surface area contributed by atoms with Gasteiger partial charge in [-0.2, -0.15) is 4.63 Å². The van der Waals surface area contributed by atoms with Crippen LogP contribution < -0.4 is 9.85 Å². The number of rotatable bonds is 7. The average molecular weight is 289 g/mol. The molecule has 0 spiro atoms. The number of aromatic nitrogens is 2. The van der Waals surface area contributed by atoms with E-state index in [1.54, 1.807) is 18.9 Å². The lowest BCUT2D eigenvalue weighted by molar-refractivity contribution is -0.149. The van der Waals surface area contributed by atoms with Crippen molar-refractivity contribution >= 4 is 11.9 Å². The minimum Gasteiger partial charge on any atom is -0.481 e.